The van der Waals surface area contributed by atoms with E-state index in [-0.39, 0.29) is 0 Å². The predicted octanol–water partition coefficient (Wildman–Crippen LogP) is 3.15. The second-order valence-corrected chi connectivity index (χ2v) is 6.04. The van der Waals surface area contributed by atoms with Gasteiger partial charge in [-0.2, -0.15) is 0 Å². The fourth-order valence-corrected chi connectivity index (χ4v) is 3.58. The van der Waals surface area contributed by atoms with Gasteiger partial charge in [-0.1, -0.05) is 19.8 Å². The van der Waals surface area contributed by atoms with Gasteiger partial charge >= 0.3 is 0 Å². The van der Waals surface area contributed by atoms with Crippen LogP contribution < -0.4 is 5.73 Å². The van der Waals surface area contributed by atoms with Crippen LogP contribution in [0.4, 0.5) is 0 Å². The van der Waals surface area contributed by atoms with Crippen molar-refractivity contribution in [3.05, 3.63) is 16.1 Å². The first-order valence-corrected chi connectivity index (χ1v) is 7.23. The van der Waals surface area contributed by atoms with Crippen molar-refractivity contribution in [2.24, 2.45) is 17.6 Å². The minimum absolute atomic E-state index is 0.321. The summed E-state index contributed by atoms with van der Waals surface area (Å²) in [6.45, 7) is 4.34. The molecule has 1 saturated carbocycles. The summed E-state index contributed by atoms with van der Waals surface area (Å²) in [7, 11) is 0. The monoisotopic (exact) mass is 238 g/mol. The van der Waals surface area contributed by atoms with Crippen molar-refractivity contribution >= 4 is 11.3 Å². The van der Waals surface area contributed by atoms with Crippen LogP contribution in [0.1, 0.15) is 43.3 Å². The van der Waals surface area contributed by atoms with Crippen LogP contribution in [0.3, 0.4) is 0 Å². The van der Waals surface area contributed by atoms with E-state index >= 15 is 0 Å². The van der Waals surface area contributed by atoms with Crippen molar-refractivity contribution in [1.29, 1.82) is 0 Å². The van der Waals surface area contributed by atoms with E-state index < -0.39 is 0 Å². The number of aryl methyl sites for hydroxylation is 1. The summed E-state index contributed by atoms with van der Waals surface area (Å²) < 4.78 is 0. The molecule has 0 spiro atoms. The summed E-state index contributed by atoms with van der Waals surface area (Å²) in [5.74, 6) is 1.66. The lowest BCUT2D eigenvalue weighted by atomic mass is 9.94. The van der Waals surface area contributed by atoms with Crippen molar-refractivity contribution in [3.8, 4) is 0 Å². The zero-order chi connectivity index (χ0) is 11.5. The van der Waals surface area contributed by atoms with E-state index in [1.165, 1.54) is 30.7 Å². The molecule has 0 saturated heterocycles. The van der Waals surface area contributed by atoms with Crippen LogP contribution in [-0.2, 0) is 6.42 Å². The third-order valence-electron chi connectivity index (χ3n) is 3.84. The quantitative estimate of drug-likeness (QED) is 0.875. The molecule has 0 aromatic carbocycles. The van der Waals surface area contributed by atoms with Gasteiger partial charge in [0.2, 0.25) is 0 Å². The number of rotatable bonds is 4. The standard InChI is InChI=1S/C13H22N2S/c1-3-10-4-5-11(6-10)12(14)7-13-15-9(2)8-16-13/h8,10-12H,3-7,14H2,1-2H3. The topological polar surface area (TPSA) is 38.9 Å². The van der Waals surface area contributed by atoms with E-state index in [2.05, 4.69) is 17.3 Å². The first-order valence-electron chi connectivity index (χ1n) is 6.35. The number of nitrogens with two attached hydrogens (primary N) is 1. The Morgan fingerprint density at radius 3 is 2.94 bits per heavy atom. The zero-order valence-electron chi connectivity index (χ0n) is 10.3. The van der Waals surface area contributed by atoms with Crippen molar-refractivity contribution < 1.29 is 0 Å². The minimum Gasteiger partial charge on any atom is -0.327 e. The lowest BCUT2D eigenvalue weighted by Gasteiger charge is -2.18. The minimum atomic E-state index is 0.321. The van der Waals surface area contributed by atoms with Crippen LogP contribution in [0, 0.1) is 18.8 Å². The third kappa shape index (κ3) is 2.83. The number of aromatic nitrogens is 1. The average Bonchev–Trinajstić information content (AvgIpc) is 2.87. The molecular weight excluding hydrogens is 216 g/mol. The molecule has 1 aliphatic rings. The van der Waals surface area contributed by atoms with E-state index in [0.717, 1.165) is 24.0 Å². The summed E-state index contributed by atoms with van der Waals surface area (Å²) in [5, 5.41) is 3.33. The van der Waals surface area contributed by atoms with Gasteiger partial charge in [0.25, 0.3) is 0 Å². The van der Waals surface area contributed by atoms with Gasteiger partial charge in [0, 0.05) is 23.5 Å². The molecule has 0 amide bonds. The van der Waals surface area contributed by atoms with Gasteiger partial charge in [0.1, 0.15) is 0 Å². The molecule has 3 atom stereocenters. The van der Waals surface area contributed by atoms with E-state index in [1.54, 1.807) is 11.3 Å². The van der Waals surface area contributed by atoms with Gasteiger partial charge in [-0.05, 0) is 31.6 Å². The molecule has 0 bridgehead atoms. The largest absolute Gasteiger partial charge is 0.327 e. The summed E-state index contributed by atoms with van der Waals surface area (Å²) in [6, 6.07) is 0.321. The number of thiazole rings is 1. The second-order valence-electron chi connectivity index (χ2n) is 5.10. The normalized spacial score (nSPS) is 27.2. The number of hydrogen-bond acceptors (Lipinski definition) is 3. The lowest BCUT2D eigenvalue weighted by molar-refractivity contribution is 0.404. The molecule has 0 aliphatic heterocycles. The van der Waals surface area contributed by atoms with Gasteiger partial charge in [-0.15, -0.1) is 11.3 Å². The fourth-order valence-electron chi connectivity index (χ4n) is 2.74. The van der Waals surface area contributed by atoms with Crippen LogP contribution >= 0.6 is 11.3 Å². The van der Waals surface area contributed by atoms with Crippen LogP contribution in [0.25, 0.3) is 0 Å². The van der Waals surface area contributed by atoms with E-state index in [0.29, 0.717) is 6.04 Å². The molecule has 1 aliphatic carbocycles. The third-order valence-corrected chi connectivity index (χ3v) is 4.83. The fraction of sp³-hybridized carbons (Fsp3) is 0.769. The Kier molecular flexibility index (Phi) is 3.98. The first-order chi connectivity index (χ1) is 7.69. The molecule has 0 radical (unpaired) electrons. The maximum absolute atomic E-state index is 6.30. The summed E-state index contributed by atoms with van der Waals surface area (Å²) in [6.07, 6.45) is 6.33. The predicted molar refractivity (Wildman–Crippen MR) is 69.7 cm³/mol. The molecule has 3 heteroatoms. The van der Waals surface area contributed by atoms with E-state index in [4.69, 9.17) is 5.73 Å². The zero-order valence-corrected chi connectivity index (χ0v) is 11.1. The van der Waals surface area contributed by atoms with Crippen LogP contribution in [-0.4, -0.2) is 11.0 Å². The molecule has 90 valence electrons. The Labute approximate surface area is 102 Å². The van der Waals surface area contributed by atoms with Crippen molar-refractivity contribution in [3.63, 3.8) is 0 Å². The van der Waals surface area contributed by atoms with Crippen molar-refractivity contribution in [2.45, 2.75) is 52.0 Å². The highest BCUT2D eigenvalue weighted by atomic mass is 32.1. The van der Waals surface area contributed by atoms with E-state index in [1.807, 2.05) is 6.92 Å². The van der Waals surface area contributed by atoms with Gasteiger partial charge in [0.15, 0.2) is 0 Å². The Morgan fingerprint density at radius 2 is 2.38 bits per heavy atom. The van der Waals surface area contributed by atoms with Crippen molar-refractivity contribution in [2.75, 3.05) is 0 Å². The molecule has 16 heavy (non-hydrogen) atoms. The lowest BCUT2D eigenvalue weighted by Crippen LogP contribution is -2.30. The Morgan fingerprint density at radius 1 is 1.56 bits per heavy atom. The van der Waals surface area contributed by atoms with Crippen LogP contribution in [0.15, 0.2) is 5.38 Å². The summed E-state index contributed by atoms with van der Waals surface area (Å²) in [4.78, 5) is 4.50. The number of nitrogens with zero attached hydrogens (tertiary/aromatic N) is 1. The van der Waals surface area contributed by atoms with Gasteiger partial charge < -0.3 is 5.73 Å². The highest BCUT2D eigenvalue weighted by Gasteiger charge is 2.28. The molecule has 2 nitrogen and oxygen atoms in total. The van der Waals surface area contributed by atoms with Gasteiger partial charge in [-0.3, -0.25) is 0 Å². The first kappa shape index (κ1) is 12.1. The number of hydrogen-bond donors (Lipinski definition) is 1. The summed E-state index contributed by atoms with van der Waals surface area (Å²) >= 11 is 1.75. The van der Waals surface area contributed by atoms with Gasteiger partial charge in [0.05, 0.1) is 5.01 Å². The smallest absolute Gasteiger partial charge is 0.0943 e. The Balaban J connectivity index is 1.86. The van der Waals surface area contributed by atoms with Crippen LogP contribution in [0.2, 0.25) is 0 Å². The van der Waals surface area contributed by atoms with Gasteiger partial charge in [-0.25, -0.2) is 4.98 Å². The average molecular weight is 238 g/mol. The highest BCUT2D eigenvalue weighted by Crippen LogP contribution is 2.35. The van der Waals surface area contributed by atoms with Crippen LogP contribution in [0.5, 0.6) is 0 Å². The molecule has 2 N–H and O–H groups in total. The summed E-state index contributed by atoms with van der Waals surface area (Å²) in [5.41, 5.74) is 7.43. The van der Waals surface area contributed by atoms with Crippen molar-refractivity contribution in [1.82, 2.24) is 4.98 Å². The maximum Gasteiger partial charge on any atom is 0.0943 e. The molecular formula is C13H22N2S. The second kappa shape index (κ2) is 5.28. The molecule has 1 aromatic heterocycles. The molecule has 1 fully saturated rings. The maximum atomic E-state index is 6.30. The molecule has 1 aromatic rings. The Bertz CT molecular complexity index is 334. The molecule has 1 heterocycles. The molecule has 3 unspecified atom stereocenters. The Hall–Kier alpha value is -0.410. The van der Waals surface area contributed by atoms with E-state index in [9.17, 15) is 0 Å². The SMILES string of the molecule is CCC1CCC(C(N)Cc2nc(C)cs2)C1. The molecule has 2 rings (SSSR count). The highest BCUT2D eigenvalue weighted by molar-refractivity contribution is 7.09.